The van der Waals surface area contributed by atoms with E-state index in [0.717, 1.165) is 37.1 Å². The standard InChI is InChI=1S/C43H38N2/c1-27-24-38(37-14-3-2-8-28-10-6-11-29-19-21-36(27)41(37)40(28)29)34-18-17-33-26-35(13-7-12-32(33)25-34)39-22-20-31-16-15-30-9-4-5-23-44-42(30)43(31)45-39/h2-4,7,9,11,13,15-16,19-24,26,32-34,39,45H,5,8,12,14,17-18,25H2,1H3/b3-2-/t32?,33?,34-,39?/m0/s1. The number of fused-ring (bicyclic) bond motifs is 4. The van der Waals surface area contributed by atoms with Crippen molar-refractivity contribution in [3.05, 3.63) is 130 Å². The van der Waals surface area contributed by atoms with Gasteiger partial charge in [-0.05, 0) is 113 Å². The molecule has 3 unspecified atom stereocenters. The Kier molecular flexibility index (Phi) is 6.41. The number of rotatable bonds is 2. The van der Waals surface area contributed by atoms with Gasteiger partial charge in [-0.2, -0.15) is 0 Å². The minimum absolute atomic E-state index is 0.169. The van der Waals surface area contributed by atoms with Gasteiger partial charge < -0.3 is 5.32 Å². The second-order valence-corrected chi connectivity index (χ2v) is 13.6. The zero-order valence-corrected chi connectivity index (χ0v) is 25.9. The first kappa shape index (κ1) is 26.8. The van der Waals surface area contributed by atoms with Gasteiger partial charge in [-0.3, -0.25) is 4.99 Å². The lowest BCUT2D eigenvalue weighted by molar-refractivity contribution is 0.258. The molecule has 0 radical (unpaired) electrons. The Morgan fingerprint density at radius 1 is 0.911 bits per heavy atom. The molecule has 0 amide bonds. The highest BCUT2D eigenvalue weighted by molar-refractivity contribution is 6.12. The summed E-state index contributed by atoms with van der Waals surface area (Å²) in [6.45, 7) is 2.32. The lowest BCUT2D eigenvalue weighted by Gasteiger charge is -2.36. The number of aliphatic imine (C=N–C) groups is 1. The highest BCUT2D eigenvalue weighted by atomic mass is 15.0. The van der Waals surface area contributed by atoms with Crippen LogP contribution in [-0.4, -0.2) is 12.3 Å². The Bertz CT molecular complexity index is 2050. The second-order valence-electron chi connectivity index (χ2n) is 13.6. The fraction of sp³-hybridized carbons (Fsp3) is 0.279. The van der Waals surface area contributed by atoms with E-state index < -0.39 is 0 Å². The van der Waals surface area contributed by atoms with Crippen molar-refractivity contribution in [3.63, 3.8) is 0 Å². The van der Waals surface area contributed by atoms with Crippen molar-refractivity contribution in [2.24, 2.45) is 16.8 Å². The molecule has 9 rings (SSSR count). The van der Waals surface area contributed by atoms with Crippen LogP contribution < -0.4 is 5.32 Å². The first-order valence-electron chi connectivity index (χ1n) is 16.9. The summed E-state index contributed by atoms with van der Waals surface area (Å²) in [5, 5.41) is 9.47. The maximum atomic E-state index is 4.84. The Hall–Kier alpha value is -4.61. The molecule has 1 saturated carbocycles. The number of hydrogen-bond donors (Lipinski definition) is 1. The fourth-order valence-electron chi connectivity index (χ4n) is 8.79. The lowest BCUT2D eigenvalue weighted by atomic mass is 9.69. The molecule has 1 N–H and O–H groups in total. The minimum atomic E-state index is 0.169. The van der Waals surface area contributed by atoms with Crippen molar-refractivity contribution in [2.75, 3.05) is 5.32 Å². The summed E-state index contributed by atoms with van der Waals surface area (Å²) < 4.78 is 0. The third-order valence-electron chi connectivity index (χ3n) is 11.0. The maximum absolute atomic E-state index is 4.84. The Morgan fingerprint density at radius 3 is 2.82 bits per heavy atom. The average Bonchev–Trinajstić information content (AvgIpc) is 3.44. The Morgan fingerprint density at radius 2 is 1.84 bits per heavy atom. The van der Waals surface area contributed by atoms with E-state index in [9.17, 15) is 0 Å². The summed E-state index contributed by atoms with van der Waals surface area (Å²) in [7, 11) is 0. The van der Waals surface area contributed by atoms with Crippen molar-refractivity contribution >= 4 is 51.3 Å². The zero-order chi connectivity index (χ0) is 29.9. The maximum Gasteiger partial charge on any atom is 0.0935 e. The average molecular weight is 583 g/mol. The molecule has 5 aliphatic rings. The lowest BCUT2D eigenvalue weighted by Crippen LogP contribution is -2.25. The van der Waals surface area contributed by atoms with Crippen molar-refractivity contribution in [1.29, 1.82) is 0 Å². The molecule has 2 heteroatoms. The first-order chi connectivity index (χ1) is 22.2. The molecular formula is C43H38N2. The SMILES string of the molecule is Cc1cc([C@H]2CCC3C=C(C4C=Cc5ccc6c(c5N4)N=CCC=C6)C=CCC3C2)c2c3c1ccc1cc#cc(c13)C/C=C\C2. The van der Waals surface area contributed by atoms with Crippen LogP contribution in [0.5, 0.6) is 0 Å². The van der Waals surface area contributed by atoms with E-state index in [4.69, 9.17) is 4.99 Å². The number of anilines is 1. The molecule has 4 aromatic carbocycles. The van der Waals surface area contributed by atoms with E-state index in [1.165, 1.54) is 68.6 Å². The fourth-order valence-corrected chi connectivity index (χ4v) is 8.79. The van der Waals surface area contributed by atoms with Crippen LogP contribution in [0.1, 0.15) is 71.4 Å². The molecule has 1 fully saturated rings. The van der Waals surface area contributed by atoms with E-state index in [1.54, 1.807) is 11.1 Å². The normalized spacial score (nSPS) is 25.2. The predicted octanol–water partition coefficient (Wildman–Crippen LogP) is 10.6. The van der Waals surface area contributed by atoms with Gasteiger partial charge >= 0.3 is 0 Å². The van der Waals surface area contributed by atoms with E-state index in [1.807, 2.05) is 6.21 Å². The largest absolute Gasteiger partial charge is 0.372 e. The highest BCUT2D eigenvalue weighted by Crippen LogP contribution is 2.47. The third kappa shape index (κ3) is 4.52. The van der Waals surface area contributed by atoms with Gasteiger partial charge in [-0.1, -0.05) is 97.1 Å². The van der Waals surface area contributed by atoms with E-state index in [2.05, 4.69) is 115 Å². The van der Waals surface area contributed by atoms with E-state index in [0.29, 0.717) is 17.8 Å². The third-order valence-corrected chi connectivity index (χ3v) is 11.0. The van der Waals surface area contributed by atoms with Crippen LogP contribution in [0.2, 0.25) is 0 Å². The molecule has 4 aromatic rings. The van der Waals surface area contributed by atoms with Crippen molar-refractivity contribution < 1.29 is 0 Å². The van der Waals surface area contributed by atoms with Gasteiger partial charge in [0.15, 0.2) is 0 Å². The molecule has 4 atom stereocenters. The molecule has 220 valence electrons. The molecule has 0 saturated heterocycles. The summed E-state index contributed by atoms with van der Waals surface area (Å²) in [5.74, 6) is 1.87. The number of allylic oxidation sites excluding steroid dienone is 5. The van der Waals surface area contributed by atoms with Crippen LogP contribution in [0.4, 0.5) is 11.4 Å². The van der Waals surface area contributed by atoms with Crippen LogP contribution in [0, 0.1) is 30.9 Å². The molecule has 2 heterocycles. The number of aryl methyl sites for hydroxylation is 1. The molecule has 0 aromatic heterocycles. The number of nitrogens with one attached hydrogen (secondary N) is 1. The smallest absolute Gasteiger partial charge is 0.0935 e. The molecule has 45 heavy (non-hydrogen) atoms. The zero-order valence-electron chi connectivity index (χ0n) is 25.9. The van der Waals surface area contributed by atoms with E-state index in [-0.39, 0.29) is 6.04 Å². The first-order valence-corrected chi connectivity index (χ1v) is 16.9. The highest BCUT2D eigenvalue weighted by Gasteiger charge is 2.33. The van der Waals surface area contributed by atoms with Crippen LogP contribution in [0.3, 0.4) is 0 Å². The summed E-state index contributed by atoms with van der Waals surface area (Å²) in [4.78, 5) is 4.84. The Labute approximate surface area is 266 Å². The van der Waals surface area contributed by atoms with Crippen molar-refractivity contribution in [3.8, 4) is 0 Å². The second kappa shape index (κ2) is 10.8. The van der Waals surface area contributed by atoms with Crippen LogP contribution in [0.15, 0.2) is 89.5 Å². The monoisotopic (exact) mass is 582 g/mol. The van der Waals surface area contributed by atoms with Crippen LogP contribution >= 0.6 is 0 Å². The molecule has 2 nitrogen and oxygen atoms in total. The molecule has 2 aliphatic heterocycles. The quantitative estimate of drug-likeness (QED) is 0.234. The summed E-state index contributed by atoms with van der Waals surface area (Å²) >= 11 is 0. The summed E-state index contributed by atoms with van der Waals surface area (Å²) in [6.07, 6.45) is 31.0. The summed E-state index contributed by atoms with van der Waals surface area (Å²) in [6, 6.07) is 20.6. The molecule has 0 bridgehead atoms. The van der Waals surface area contributed by atoms with Gasteiger partial charge in [0.1, 0.15) is 0 Å². The summed E-state index contributed by atoms with van der Waals surface area (Å²) in [5.41, 5.74) is 11.9. The van der Waals surface area contributed by atoms with E-state index >= 15 is 0 Å². The topological polar surface area (TPSA) is 24.4 Å². The number of nitrogens with zero attached hydrogens (tertiary/aromatic N) is 1. The van der Waals surface area contributed by atoms with Gasteiger partial charge in [0.05, 0.1) is 17.4 Å². The molecular weight excluding hydrogens is 544 g/mol. The van der Waals surface area contributed by atoms with Gasteiger partial charge in [0.2, 0.25) is 0 Å². The minimum Gasteiger partial charge on any atom is -0.372 e. The van der Waals surface area contributed by atoms with Gasteiger partial charge in [-0.15, -0.1) is 0 Å². The van der Waals surface area contributed by atoms with Gasteiger partial charge in [-0.25, -0.2) is 0 Å². The predicted molar refractivity (Wildman–Crippen MR) is 191 cm³/mol. The van der Waals surface area contributed by atoms with Crippen LogP contribution in [0.25, 0.3) is 33.7 Å². The van der Waals surface area contributed by atoms with Crippen molar-refractivity contribution in [2.45, 2.75) is 63.8 Å². The number of benzene rings is 3. The van der Waals surface area contributed by atoms with Gasteiger partial charge in [0.25, 0.3) is 0 Å². The van der Waals surface area contributed by atoms with Crippen molar-refractivity contribution in [1.82, 2.24) is 0 Å². The van der Waals surface area contributed by atoms with Gasteiger partial charge in [0, 0.05) is 29.1 Å². The molecule has 0 spiro atoms. The molecule has 3 aliphatic carbocycles. The Balaban J connectivity index is 1.03. The van der Waals surface area contributed by atoms with Crippen LogP contribution in [-0.2, 0) is 12.8 Å². The number of hydrogen-bond acceptors (Lipinski definition) is 2.